The number of aliphatic hydroxyl groups is 4. The average Bonchev–Trinajstić information content (AvgIpc) is 3.34. The first-order valence-corrected chi connectivity index (χ1v) is 31.0. The fourth-order valence-electron chi connectivity index (χ4n) is 10.7. The van der Waals surface area contributed by atoms with Crippen molar-refractivity contribution >= 4 is 11.9 Å². The van der Waals surface area contributed by atoms with E-state index in [1.807, 2.05) is 13.8 Å². The summed E-state index contributed by atoms with van der Waals surface area (Å²) in [7, 11) is 0. The monoisotopic (exact) mass is 1010 g/mol. The van der Waals surface area contributed by atoms with E-state index in [1.165, 1.54) is 148 Å². The number of nitrogens with zero attached hydrogens (tertiary/aromatic N) is 2. The Kier molecular flexibility index (Phi) is 45.0. The molecule has 0 saturated carbocycles. The van der Waals surface area contributed by atoms with Gasteiger partial charge in [0.1, 0.15) is 0 Å². The van der Waals surface area contributed by atoms with Crippen molar-refractivity contribution < 1.29 is 39.5 Å². The quantitative estimate of drug-likeness (QED) is 0.0344. The maximum Gasteiger partial charge on any atom is 0.348 e. The van der Waals surface area contributed by atoms with Gasteiger partial charge in [-0.15, -0.1) is 0 Å². The Morgan fingerprint density at radius 1 is 0.338 bits per heavy atom. The molecule has 8 atom stereocenters. The lowest BCUT2D eigenvalue weighted by Crippen LogP contribution is -2.49. The second-order valence-corrected chi connectivity index (χ2v) is 22.8. The van der Waals surface area contributed by atoms with Crippen LogP contribution in [0.5, 0.6) is 0 Å². The van der Waals surface area contributed by atoms with E-state index in [0.717, 1.165) is 89.9 Å². The van der Waals surface area contributed by atoms with Crippen LogP contribution < -0.4 is 0 Å². The topological polar surface area (TPSA) is 140 Å². The number of ether oxygens (including phenoxy) is 2. The Labute approximate surface area is 439 Å². The molecule has 0 aromatic heterocycles. The molecule has 0 aromatic rings. The van der Waals surface area contributed by atoms with Crippen molar-refractivity contribution in [1.82, 2.24) is 9.80 Å². The van der Waals surface area contributed by atoms with E-state index < -0.39 is 48.6 Å². The standard InChI is InChI=1S/C61H120N2O8/c1-7-11-15-19-23-27-31-35-43-55(65)49-62(48-54(64)42-34-30-26-22-18-14-10-4)46-38-40-52(5)58-60(68)71-59(61(69)70-58)53(6)41-39-47-63(50-56(66)44-36-32-28-24-20-16-12-8-2)51-57(67)45-37-33-29-25-21-17-13-9-3/h52-59,64-67H,7-51H2,1-6H3. The molecule has 0 bridgehead atoms. The minimum absolute atomic E-state index is 0.229. The number of hydrogen-bond acceptors (Lipinski definition) is 10. The van der Waals surface area contributed by atoms with Gasteiger partial charge in [0, 0.05) is 38.0 Å². The smallest absolute Gasteiger partial charge is 0.348 e. The van der Waals surface area contributed by atoms with Crippen molar-refractivity contribution in [3.63, 3.8) is 0 Å². The van der Waals surface area contributed by atoms with E-state index in [4.69, 9.17) is 9.47 Å². The number of esters is 2. The fraction of sp³-hybridized carbons (Fsp3) is 0.967. The lowest BCUT2D eigenvalue weighted by molar-refractivity contribution is -0.202. The molecule has 1 rings (SSSR count). The van der Waals surface area contributed by atoms with E-state index in [2.05, 4.69) is 37.5 Å². The van der Waals surface area contributed by atoms with Crippen LogP contribution in [-0.2, 0) is 19.1 Å². The van der Waals surface area contributed by atoms with Crippen LogP contribution in [0.1, 0.15) is 292 Å². The van der Waals surface area contributed by atoms with E-state index in [1.54, 1.807) is 0 Å². The second kappa shape index (κ2) is 47.2. The van der Waals surface area contributed by atoms with Crippen LogP contribution >= 0.6 is 0 Å². The molecule has 71 heavy (non-hydrogen) atoms. The van der Waals surface area contributed by atoms with Gasteiger partial charge in [0.2, 0.25) is 12.2 Å². The third-order valence-electron chi connectivity index (χ3n) is 15.4. The summed E-state index contributed by atoms with van der Waals surface area (Å²) in [6.45, 7) is 16.3. The summed E-state index contributed by atoms with van der Waals surface area (Å²) < 4.78 is 11.7. The Balaban J connectivity index is 2.71. The zero-order valence-electron chi connectivity index (χ0n) is 47.8. The predicted molar refractivity (Wildman–Crippen MR) is 298 cm³/mol. The molecule has 1 heterocycles. The summed E-state index contributed by atoms with van der Waals surface area (Å²) in [5, 5.41) is 44.4. The molecule has 1 aliphatic heterocycles. The predicted octanol–water partition coefficient (Wildman–Crippen LogP) is 14.4. The SMILES string of the molecule is CCCCCCCCCCC(O)CN(CCCC(C)C1OC(=O)C(C(C)CCCN(CC(O)CCCCCCCCCC)CC(O)CCCCCCCCCC)OC1=O)CC(O)CCCCCCCCC. The number of hydrogen-bond donors (Lipinski definition) is 4. The van der Waals surface area contributed by atoms with E-state index in [0.29, 0.717) is 52.1 Å². The van der Waals surface area contributed by atoms with Crippen molar-refractivity contribution in [2.24, 2.45) is 11.8 Å². The summed E-state index contributed by atoms with van der Waals surface area (Å²) >= 11 is 0. The highest BCUT2D eigenvalue weighted by atomic mass is 16.6. The second-order valence-electron chi connectivity index (χ2n) is 22.8. The fourth-order valence-corrected chi connectivity index (χ4v) is 10.7. The number of aliphatic hydroxyl groups excluding tert-OH is 4. The van der Waals surface area contributed by atoms with Gasteiger partial charge in [-0.2, -0.15) is 0 Å². The van der Waals surface area contributed by atoms with Crippen molar-refractivity contribution in [2.45, 2.75) is 329 Å². The Hall–Kier alpha value is -1.30. The van der Waals surface area contributed by atoms with Crippen molar-refractivity contribution in [2.75, 3.05) is 39.3 Å². The van der Waals surface area contributed by atoms with E-state index in [9.17, 15) is 30.0 Å². The average molecular weight is 1010 g/mol. The molecule has 10 nitrogen and oxygen atoms in total. The van der Waals surface area contributed by atoms with Crippen molar-refractivity contribution in [3.05, 3.63) is 0 Å². The molecule has 1 aliphatic rings. The molecule has 0 amide bonds. The minimum atomic E-state index is -0.949. The third kappa shape index (κ3) is 38.0. The Bertz CT molecular complexity index is 1170. The molecule has 8 unspecified atom stereocenters. The van der Waals surface area contributed by atoms with Crippen LogP contribution in [0.2, 0.25) is 0 Å². The van der Waals surface area contributed by atoms with Gasteiger partial charge in [-0.25, -0.2) is 9.59 Å². The Morgan fingerprint density at radius 3 is 0.775 bits per heavy atom. The molecular weight excluding hydrogens is 889 g/mol. The molecule has 10 heteroatoms. The van der Waals surface area contributed by atoms with Gasteiger partial charge in [0.15, 0.2) is 0 Å². The van der Waals surface area contributed by atoms with Gasteiger partial charge in [-0.3, -0.25) is 9.80 Å². The summed E-state index contributed by atoms with van der Waals surface area (Å²) in [5.74, 6) is -1.42. The Morgan fingerprint density at radius 2 is 0.549 bits per heavy atom. The highest BCUT2D eigenvalue weighted by Crippen LogP contribution is 2.27. The largest absolute Gasteiger partial charge is 0.447 e. The summed E-state index contributed by atoms with van der Waals surface area (Å²) in [6, 6.07) is 0. The normalized spacial score (nSPS) is 17.9. The maximum absolute atomic E-state index is 13.5. The summed E-state index contributed by atoms with van der Waals surface area (Å²) in [6.07, 6.45) is 40.2. The van der Waals surface area contributed by atoms with E-state index in [-0.39, 0.29) is 11.8 Å². The van der Waals surface area contributed by atoms with Crippen LogP contribution in [0.4, 0.5) is 0 Å². The van der Waals surface area contributed by atoms with Gasteiger partial charge in [0.25, 0.3) is 0 Å². The maximum atomic E-state index is 13.5. The van der Waals surface area contributed by atoms with Gasteiger partial charge in [-0.05, 0) is 64.5 Å². The first-order valence-electron chi connectivity index (χ1n) is 31.0. The first-order chi connectivity index (χ1) is 34.4. The van der Waals surface area contributed by atoms with Gasteiger partial charge in [-0.1, -0.05) is 241 Å². The van der Waals surface area contributed by atoms with Crippen LogP contribution in [0.3, 0.4) is 0 Å². The molecule has 0 radical (unpaired) electrons. The first kappa shape index (κ1) is 67.7. The zero-order valence-corrected chi connectivity index (χ0v) is 47.8. The molecule has 4 N–H and O–H groups in total. The third-order valence-corrected chi connectivity index (χ3v) is 15.4. The lowest BCUT2D eigenvalue weighted by Gasteiger charge is -2.34. The van der Waals surface area contributed by atoms with Crippen LogP contribution in [0.25, 0.3) is 0 Å². The zero-order chi connectivity index (χ0) is 52.2. The van der Waals surface area contributed by atoms with Gasteiger partial charge in [0.05, 0.1) is 24.4 Å². The van der Waals surface area contributed by atoms with Crippen LogP contribution in [0, 0.1) is 11.8 Å². The minimum Gasteiger partial charge on any atom is -0.447 e. The van der Waals surface area contributed by atoms with Crippen molar-refractivity contribution in [1.29, 1.82) is 0 Å². The molecule has 0 spiro atoms. The summed E-state index contributed by atoms with van der Waals surface area (Å²) in [5.41, 5.74) is 0. The molecule has 0 aliphatic carbocycles. The van der Waals surface area contributed by atoms with Crippen LogP contribution in [0.15, 0.2) is 0 Å². The van der Waals surface area contributed by atoms with Gasteiger partial charge >= 0.3 is 11.9 Å². The molecule has 422 valence electrons. The summed E-state index contributed by atoms with van der Waals surface area (Å²) in [4.78, 5) is 31.3. The number of carbonyl (C=O) groups is 2. The number of cyclic esters (lactones) is 2. The van der Waals surface area contributed by atoms with Gasteiger partial charge < -0.3 is 29.9 Å². The number of unbranched alkanes of at least 4 members (excludes halogenated alkanes) is 27. The molecular formula is C61H120N2O8. The van der Waals surface area contributed by atoms with Crippen molar-refractivity contribution in [3.8, 4) is 0 Å². The highest BCUT2D eigenvalue weighted by Gasteiger charge is 2.43. The number of rotatable bonds is 53. The molecule has 1 saturated heterocycles. The lowest BCUT2D eigenvalue weighted by atomic mass is 9.94. The highest BCUT2D eigenvalue weighted by molar-refractivity contribution is 5.87. The number of carbonyl (C=O) groups excluding carboxylic acids is 2. The van der Waals surface area contributed by atoms with E-state index >= 15 is 0 Å². The van der Waals surface area contributed by atoms with Crippen LogP contribution in [-0.4, -0.2) is 118 Å². The molecule has 0 aromatic carbocycles. The molecule has 1 fully saturated rings.